The number of amides is 4. The summed E-state index contributed by atoms with van der Waals surface area (Å²) in [5.74, 6) is -0.519. The molecule has 0 radical (unpaired) electrons. The molecule has 1 atom stereocenters. The lowest BCUT2D eigenvalue weighted by molar-refractivity contribution is -0.131. The number of nitrogens with two attached hydrogens (primary N) is 1. The van der Waals surface area contributed by atoms with Crippen molar-refractivity contribution in [1.29, 1.82) is 0 Å². The monoisotopic (exact) mass is 303 g/mol. The van der Waals surface area contributed by atoms with Crippen LogP contribution in [-0.4, -0.2) is 29.3 Å². The Labute approximate surface area is 129 Å². The summed E-state index contributed by atoms with van der Waals surface area (Å²) < 4.78 is 0. The van der Waals surface area contributed by atoms with E-state index in [0.717, 1.165) is 16.0 Å². The van der Waals surface area contributed by atoms with Crippen molar-refractivity contribution in [3.63, 3.8) is 0 Å². The van der Waals surface area contributed by atoms with Gasteiger partial charge in [0.25, 0.3) is 5.91 Å². The number of benzene rings is 1. The zero-order chi connectivity index (χ0) is 16.5. The zero-order valence-corrected chi connectivity index (χ0v) is 13.1. The molecule has 3 N–H and O–H groups in total. The van der Waals surface area contributed by atoms with Gasteiger partial charge in [-0.05, 0) is 24.0 Å². The molecule has 22 heavy (non-hydrogen) atoms. The Hall–Kier alpha value is -2.37. The number of carbonyl (C=O) groups is 3. The fraction of sp³-hybridized carbons (Fsp3) is 0.438. The number of primary amides is 1. The minimum atomic E-state index is -1.11. The van der Waals surface area contributed by atoms with E-state index in [1.165, 1.54) is 0 Å². The first kappa shape index (κ1) is 16.0. The van der Waals surface area contributed by atoms with E-state index in [2.05, 4.69) is 19.2 Å². The van der Waals surface area contributed by atoms with Crippen molar-refractivity contribution in [2.75, 3.05) is 6.54 Å². The van der Waals surface area contributed by atoms with E-state index in [1.54, 1.807) is 6.92 Å². The van der Waals surface area contributed by atoms with Crippen molar-refractivity contribution < 1.29 is 14.4 Å². The molecule has 6 nitrogen and oxygen atoms in total. The molecule has 2 rings (SSSR count). The largest absolute Gasteiger partial charge is 0.370 e. The van der Waals surface area contributed by atoms with Crippen LogP contribution in [0.5, 0.6) is 0 Å². The third kappa shape index (κ3) is 2.81. The Morgan fingerprint density at radius 1 is 1.27 bits per heavy atom. The Kier molecular flexibility index (Phi) is 4.21. The van der Waals surface area contributed by atoms with Gasteiger partial charge in [0.1, 0.15) is 5.54 Å². The molecular weight excluding hydrogens is 282 g/mol. The van der Waals surface area contributed by atoms with E-state index in [0.29, 0.717) is 5.92 Å². The predicted molar refractivity (Wildman–Crippen MR) is 81.9 cm³/mol. The minimum absolute atomic E-state index is 0.000330. The summed E-state index contributed by atoms with van der Waals surface area (Å²) in [7, 11) is 0. The van der Waals surface area contributed by atoms with E-state index >= 15 is 0 Å². The number of hydrogen-bond acceptors (Lipinski definition) is 3. The van der Waals surface area contributed by atoms with Gasteiger partial charge in [0.2, 0.25) is 5.91 Å². The summed E-state index contributed by atoms with van der Waals surface area (Å²) in [5.41, 5.74) is 5.85. The second kappa shape index (κ2) is 5.79. The number of carbonyl (C=O) groups excluding carboxylic acids is 3. The van der Waals surface area contributed by atoms with Crippen LogP contribution in [0.2, 0.25) is 0 Å². The first-order valence-corrected chi connectivity index (χ1v) is 7.28. The number of nitrogens with one attached hydrogen (secondary N) is 1. The van der Waals surface area contributed by atoms with Gasteiger partial charge < -0.3 is 11.1 Å². The maximum absolute atomic E-state index is 12.6. The number of imide groups is 1. The van der Waals surface area contributed by atoms with Crippen LogP contribution in [0.3, 0.4) is 0 Å². The topological polar surface area (TPSA) is 92.5 Å². The van der Waals surface area contributed by atoms with Crippen LogP contribution in [0, 0.1) is 0 Å². The Morgan fingerprint density at radius 3 is 2.36 bits per heavy atom. The highest BCUT2D eigenvalue weighted by atomic mass is 16.2. The normalized spacial score (nSPS) is 21.4. The zero-order valence-electron chi connectivity index (χ0n) is 13.1. The second-order valence-corrected chi connectivity index (χ2v) is 6.00. The van der Waals surface area contributed by atoms with Crippen molar-refractivity contribution >= 4 is 17.8 Å². The number of nitrogens with zero attached hydrogens (tertiary/aromatic N) is 1. The molecule has 0 aliphatic carbocycles. The molecule has 118 valence electrons. The maximum Gasteiger partial charge on any atom is 0.325 e. The molecule has 1 aromatic carbocycles. The summed E-state index contributed by atoms with van der Waals surface area (Å²) in [4.78, 5) is 36.5. The van der Waals surface area contributed by atoms with Crippen molar-refractivity contribution in [2.45, 2.75) is 38.6 Å². The van der Waals surface area contributed by atoms with Gasteiger partial charge >= 0.3 is 6.03 Å². The SMILES string of the molecule is CC(C)c1ccc([C@]2(C)NC(=O)N(CCC(N)=O)C2=O)cc1. The molecule has 1 saturated heterocycles. The lowest BCUT2D eigenvalue weighted by Crippen LogP contribution is -2.41. The van der Waals surface area contributed by atoms with Crippen molar-refractivity contribution in [1.82, 2.24) is 10.2 Å². The number of urea groups is 1. The first-order valence-electron chi connectivity index (χ1n) is 7.28. The van der Waals surface area contributed by atoms with Crippen LogP contribution in [0.25, 0.3) is 0 Å². The van der Waals surface area contributed by atoms with Crippen LogP contribution in [0.1, 0.15) is 44.2 Å². The van der Waals surface area contributed by atoms with Gasteiger partial charge in [0, 0.05) is 13.0 Å². The van der Waals surface area contributed by atoms with Gasteiger partial charge in [-0.15, -0.1) is 0 Å². The third-order valence-corrected chi connectivity index (χ3v) is 4.01. The Bertz CT molecular complexity index is 610. The fourth-order valence-corrected chi connectivity index (χ4v) is 2.52. The molecule has 0 spiro atoms. The lowest BCUT2D eigenvalue weighted by atomic mass is 9.90. The molecule has 0 saturated carbocycles. The van der Waals surface area contributed by atoms with Gasteiger partial charge in [-0.25, -0.2) is 4.79 Å². The highest BCUT2D eigenvalue weighted by Gasteiger charge is 2.48. The smallest absolute Gasteiger partial charge is 0.325 e. The third-order valence-electron chi connectivity index (χ3n) is 4.01. The van der Waals surface area contributed by atoms with Crippen LogP contribution in [0.15, 0.2) is 24.3 Å². The molecule has 6 heteroatoms. The lowest BCUT2D eigenvalue weighted by Gasteiger charge is -2.22. The fourth-order valence-electron chi connectivity index (χ4n) is 2.52. The second-order valence-electron chi connectivity index (χ2n) is 6.00. The van der Waals surface area contributed by atoms with Crippen molar-refractivity contribution in [2.24, 2.45) is 5.73 Å². The quantitative estimate of drug-likeness (QED) is 0.806. The summed E-state index contributed by atoms with van der Waals surface area (Å²) in [6, 6.07) is 7.12. The minimum Gasteiger partial charge on any atom is -0.370 e. The van der Waals surface area contributed by atoms with E-state index in [-0.39, 0.29) is 18.9 Å². The number of hydrogen-bond donors (Lipinski definition) is 2. The summed E-state index contributed by atoms with van der Waals surface area (Å²) in [6.45, 7) is 5.84. The summed E-state index contributed by atoms with van der Waals surface area (Å²) in [6.07, 6.45) is -0.0402. The predicted octanol–water partition coefficient (Wildman–Crippen LogP) is 1.45. The highest BCUT2D eigenvalue weighted by molar-refractivity contribution is 6.07. The van der Waals surface area contributed by atoms with Crippen LogP contribution in [-0.2, 0) is 15.1 Å². The standard InChI is InChI=1S/C16H21N3O3/c1-10(2)11-4-6-12(7-5-11)16(3)14(21)19(15(22)18-16)9-8-13(17)20/h4-7,10H,8-9H2,1-3H3,(H2,17,20)(H,18,22)/t16-/m0/s1. The van der Waals surface area contributed by atoms with Gasteiger partial charge in [0.05, 0.1) is 0 Å². The highest BCUT2D eigenvalue weighted by Crippen LogP contribution is 2.29. The average molecular weight is 303 g/mol. The molecule has 1 heterocycles. The molecule has 1 aliphatic rings. The number of rotatable bonds is 5. The molecule has 1 aliphatic heterocycles. The van der Waals surface area contributed by atoms with Crippen LogP contribution < -0.4 is 11.1 Å². The summed E-state index contributed by atoms with van der Waals surface area (Å²) >= 11 is 0. The van der Waals surface area contributed by atoms with Gasteiger partial charge in [-0.2, -0.15) is 0 Å². The van der Waals surface area contributed by atoms with Gasteiger partial charge in [0.15, 0.2) is 0 Å². The van der Waals surface area contributed by atoms with E-state index in [4.69, 9.17) is 5.73 Å². The molecule has 4 amide bonds. The van der Waals surface area contributed by atoms with Gasteiger partial charge in [-0.1, -0.05) is 38.1 Å². The molecule has 0 aromatic heterocycles. The molecule has 0 unspecified atom stereocenters. The first-order chi connectivity index (χ1) is 10.3. The van der Waals surface area contributed by atoms with E-state index in [1.807, 2.05) is 24.3 Å². The molecule has 0 bridgehead atoms. The van der Waals surface area contributed by atoms with Gasteiger partial charge in [-0.3, -0.25) is 14.5 Å². The Morgan fingerprint density at radius 2 is 1.86 bits per heavy atom. The molecular formula is C16H21N3O3. The maximum atomic E-state index is 12.6. The van der Waals surface area contributed by atoms with E-state index in [9.17, 15) is 14.4 Å². The summed E-state index contributed by atoms with van der Waals surface area (Å²) in [5, 5.41) is 2.70. The van der Waals surface area contributed by atoms with Crippen molar-refractivity contribution in [3.05, 3.63) is 35.4 Å². The van der Waals surface area contributed by atoms with Crippen LogP contribution in [0.4, 0.5) is 4.79 Å². The van der Waals surface area contributed by atoms with Crippen LogP contribution >= 0.6 is 0 Å². The molecule has 1 aromatic rings. The Balaban J connectivity index is 2.24. The molecule has 1 fully saturated rings. The van der Waals surface area contributed by atoms with Crippen molar-refractivity contribution in [3.8, 4) is 0 Å². The van der Waals surface area contributed by atoms with E-state index < -0.39 is 17.5 Å². The average Bonchev–Trinajstić information content (AvgIpc) is 2.68.